The third-order valence-corrected chi connectivity index (χ3v) is 3.02. The maximum absolute atomic E-state index is 11.5. The van der Waals surface area contributed by atoms with Gasteiger partial charge in [0.1, 0.15) is 6.04 Å². The molecule has 0 aromatic carbocycles. The van der Waals surface area contributed by atoms with Crippen molar-refractivity contribution < 1.29 is 24.6 Å². The molecule has 0 rings (SSSR count). The van der Waals surface area contributed by atoms with Crippen LogP contribution in [0.3, 0.4) is 0 Å². The first-order chi connectivity index (χ1) is 9.47. The predicted octanol–water partition coefficient (Wildman–Crippen LogP) is 0.874. The number of amides is 1. The molecular formula is C14H27NNa2O5. The summed E-state index contributed by atoms with van der Waals surface area (Å²) in [6.45, 7) is 2.15. The third-order valence-electron chi connectivity index (χ3n) is 3.02. The minimum atomic E-state index is -1.34. The number of nitrogens with one attached hydrogen (secondary N) is 1. The van der Waals surface area contributed by atoms with Gasteiger partial charge in [0.15, 0.2) is 0 Å². The van der Waals surface area contributed by atoms with Gasteiger partial charge < -0.3 is 15.5 Å². The van der Waals surface area contributed by atoms with E-state index in [-0.39, 0.29) is 65.5 Å². The molecule has 1 amide bonds. The summed E-state index contributed by atoms with van der Waals surface area (Å²) in [6, 6.07) is -1.34. The first kappa shape index (κ1) is 27.3. The Morgan fingerprint density at radius 2 is 1.41 bits per heavy atom. The van der Waals surface area contributed by atoms with Gasteiger partial charge in [-0.1, -0.05) is 45.4 Å². The van der Waals surface area contributed by atoms with Gasteiger partial charge in [0.2, 0.25) is 5.91 Å². The van der Waals surface area contributed by atoms with E-state index < -0.39 is 30.3 Å². The Morgan fingerprint density at radius 1 is 0.909 bits per heavy atom. The second-order valence-electron chi connectivity index (χ2n) is 4.93. The minimum absolute atomic E-state index is 0. The first-order valence-corrected chi connectivity index (χ1v) is 7.21. The van der Waals surface area contributed by atoms with Gasteiger partial charge in [-0.3, -0.25) is 9.59 Å². The molecule has 0 aliphatic carbocycles. The molecule has 0 saturated heterocycles. The summed E-state index contributed by atoms with van der Waals surface area (Å²) in [5.74, 6) is -2.96. The summed E-state index contributed by atoms with van der Waals surface area (Å²) < 4.78 is 0. The van der Waals surface area contributed by atoms with Crippen LogP contribution in [0.4, 0.5) is 0 Å². The van der Waals surface area contributed by atoms with E-state index >= 15 is 0 Å². The van der Waals surface area contributed by atoms with E-state index in [1.54, 1.807) is 0 Å². The van der Waals surface area contributed by atoms with Crippen molar-refractivity contribution in [2.75, 3.05) is 0 Å². The van der Waals surface area contributed by atoms with E-state index in [9.17, 15) is 14.4 Å². The van der Waals surface area contributed by atoms with Crippen LogP contribution in [0.15, 0.2) is 0 Å². The summed E-state index contributed by atoms with van der Waals surface area (Å²) in [5.41, 5.74) is 0. The van der Waals surface area contributed by atoms with Crippen molar-refractivity contribution in [2.45, 2.75) is 70.8 Å². The van der Waals surface area contributed by atoms with Crippen LogP contribution in [0.5, 0.6) is 0 Å². The van der Waals surface area contributed by atoms with Crippen LogP contribution in [-0.4, -0.2) is 93.2 Å². The first-order valence-electron chi connectivity index (χ1n) is 7.21. The van der Waals surface area contributed by atoms with Crippen molar-refractivity contribution in [3.63, 3.8) is 0 Å². The Hall–Kier alpha value is 0.410. The van der Waals surface area contributed by atoms with Gasteiger partial charge in [0, 0.05) is 6.42 Å². The van der Waals surface area contributed by atoms with E-state index in [4.69, 9.17) is 10.2 Å². The normalized spacial score (nSPS) is 10.8. The second-order valence-corrected chi connectivity index (χ2v) is 4.93. The van der Waals surface area contributed by atoms with Crippen LogP contribution in [0, 0.1) is 0 Å². The standard InChI is InChI=1S/C14H25NO5.2Na.2H/c1-2-3-4-5-6-7-8-9-12(16)15-11(14(19)20)10-13(17)18;;;;/h11H,2-10H2,1H3,(H,15,16)(H,17,18)(H,19,20);;;;/t11-;;;;/m0..../s1. The summed E-state index contributed by atoms with van der Waals surface area (Å²) in [6.07, 6.45) is 7.17. The number of unbranched alkanes of at least 4 members (excludes halogenated alkanes) is 6. The molecule has 0 unspecified atom stereocenters. The van der Waals surface area contributed by atoms with Crippen molar-refractivity contribution in [3.8, 4) is 0 Å². The second kappa shape index (κ2) is 17.8. The molecule has 0 aromatic rings. The number of carbonyl (C=O) groups excluding carboxylic acids is 1. The molecule has 3 N–H and O–H groups in total. The van der Waals surface area contributed by atoms with Crippen molar-refractivity contribution in [3.05, 3.63) is 0 Å². The molecule has 1 atom stereocenters. The number of carboxylic acid groups (broad SMARTS) is 2. The average molecular weight is 335 g/mol. The molecule has 22 heavy (non-hydrogen) atoms. The van der Waals surface area contributed by atoms with Gasteiger partial charge >= 0.3 is 71.1 Å². The molecule has 0 aromatic heterocycles. The van der Waals surface area contributed by atoms with Gasteiger partial charge in [-0.05, 0) is 6.42 Å². The quantitative estimate of drug-likeness (QED) is 0.363. The van der Waals surface area contributed by atoms with Crippen LogP contribution in [-0.2, 0) is 14.4 Å². The zero-order valence-electron chi connectivity index (χ0n) is 12.1. The topological polar surface area (TPSA) is 104 Å². The molecule has 0 fully saturated rings. The fraction of sp³-hybridized carbons (Fsp3) is 0.786. The molecule has 0 radical (unpaired) electrons. The Labute approximate surface area is 176 Å². The molecule has 0 spiro atoms. The molecule has 6 nitrogen and oxygen atoms in total. The molecule has 0 bridgehead atoms. The molecule has 0 heterocycles. The van der Waals surface area contributed by atoms with Gasteiger partial charge in [0.05, 0.1) is 6.42 Å². The van der Waals surface area contributed by atoms with Crippen LogP contribution < -0.4 is 5.32 Å². The van der Waals surface area contributed by atoms with Crippen molar-refractivity contribution in [2.24, 2.45) is 0 Å². The Kier molecular flexibility index (Phi) is 22.0. The average Bonchev–Trinajstić information content (AvgIpc) is 2.36. The summed E-state index contributed by atoms with van der Waals surface area (Å²) in [5, 5.41) is 19.6. The molecular weight excluding hydrogens is 308 g/mol. The Bertz CT molecular complexity index is 326. The van der Waals surface area contributed by atoms with Crippen LogP contribution in [0.2, 0.25) is 0 Å². The predicted molar refractivity (Wildman–Crippen MR) is 88.7 cm³/mol. The van der Waals surface area contributed by atoms with Gasteiger partial charge in [-0.15, -0.1) is 0 Å². The Balaban J connectivity index is -0.00000180. The zero-order valence-corrected chi connectivity index (χ0v) is 12.1. The van der Waals surface area contributed by atoms with Crippen molar-refractivity contribution >= 4 is 77.0 Å². The van der Waals surface area contributed by atoms with Gasteiger partial charge in [-0.25, -0.2) is 4.79 Å². The molecule has 0 aliphatic rings. The zero-order chi connectivity index (χ0) is 15.4. The Morgan fingerprint density at radius 3 is 1.86 bits per heavy atom. The van der Waals surface area contributed by atoms with E-state index in [2.05, 4.69) is 12.2 Å². The van der Waals surface area contributed by atoms with Gasteiger partial charge in [0.25, 0.3) is 0 Å². The number of hydrogen-bond acceptors (Lipinski definition) is 3. The molecule has 0 aliphatic heterocycles. The molecule has 8 heteroatoms. The fourth-order valence-corrected chi connectivity index (χ4v) is 1.88. The van der Waals surface area contributed by atoms with E-state index in [0.29, 0.717) is 6.42 Å². The molecule has 0 saturated carbocycles. The third kappa shape index (κ3) is 16.8. The molecule has 120 valence electrons. The van der Waals surface area contributed by atoms with Crippen LogP contribution >= 0.6 is 0 Å². The number of aliphatic carboxylic acids is 2. The number of hydrogen-bond donors (Lipinski definition) is 3. The van der Waals surface area contributed by atoms with Gasteiger partial charge in [-0.2, -0.15) is 0 Å². The monoisotopic (exact) mass is 335 g/mol. The number of rotatable bonds is 12. The van der Waals surface area contributed by atoms with Crippen LogP contribution in [0.25, 0.3) is 0 Å². The van der Waals surface area contributed by atoms with Crippen LogP contribution in [0.1, 0.15) is 64.7 Å². The SMILES string of the molecule is CCCCCCCCCC(=O)N[C@@H](CC(=O)O)C(=O)O.[NaH].[NaH]. The number of carbonyl (C=O) groups is 3. The summed E-state index contributed by atoms with van der Waals surface area (Å²) in [7, 11) is 0. The summed E-state index contributed by atoms with van der Waals surface area (Å²) >= 11 is 0. The fourth-order valence-electron chi connectivity index (χ4n) is 1.88. The van der Waals surface area contributed by atoms with E-state index in [1.165, 1.54) is 19.3 Å². The summed E-state index contributed by atoms with van der Waals surface area (Å²) in [4.78, 5) is 32.7. The van der Waals surface area contributed by atoms with E-state index in [1.807, 2.05) is 0 Å². The number of carboxylic acids is 2. The van der Waals surface area contributed by atoms with Crippen molar-refractivity contribution in [1.82, 2.24) is 5.32 Å². The maximum atomic E-state index is 11.5. The van der Waals surface area contributed by atoms with Crippen molar-refractivity contribution in [1.29, 1.82) is 0 Å². The van der Waals surface area contributed by atoms with E-state index in [0.717, 1.165) is 19.3 Å².